The summed E-state index contributed by atoms with van der Waals surface area (Å²) in [6, 6.07) is 4.14. The Morgan fingerprint density at radius 3 is 2.84 bits per heavy atom. The fourth-order valence-electron chi connectivity index (χ4n) is 2.42. The van der Waals surface area contributed by atoms with E-state index in [2.05, 4.69) is 31.4 Å². The molecular weight excluding hydrogens is 260 g/mol. The lowest BCUT2D eigenvalue weighted by atomic mass is 9.96. The molecule has 0 bridgehead atoms. The summed E-state index contributed by atoms with van der Waals surface area (Å²) in [6.45, 7) is 4.93. The number of methoxy groups -OCH3 is 1. The zero-order valence-electron chi connectivity index (χ0n) is 11.7. The molecule has 19 heavy (non-hydrogen) atoms. The number of hydrogen-bond donors (Lipinski definition) is 2. The van der Waals surface area contributed by atoms with Crippen molar-refractivity contribution in [1.29, 1.82) is 0 Å². The van der Waals surface area contributed by atoms with Crippen LogP contribution in [0.2, 0.25) is 0 Å². The molecule has 2 rings (SSSR count). The molecule has 1 aliphatic rings. The van der Waals surface area contributed by atoms with Gasteiger partial charge in [0, 0.05) is 17.1 Å². The number of hydrogen-bond acceptors (Lipinski definition) is 5. The molecule has 4 nitrogen and oxygen atoms in total. The lowest BCUT2D eigenvalue weighted by Gasteiger charge is -2.31. The third-order valence-corrected chi connectivity index (χ3v) is 4.66. The smallest absolute Gasteiger partial charge is 0.126 e. The summed E-state index contributed by atoms with van der Waals surface area (Å²) in [5.41, 5.74) is 6.34. The molecule has 0 aliphatic carbocycles. The van der Waals surface area contributed by atoms with E-state index in [4.69, 9.17) is 15.3 Å². The molecule has 1 saturated heterocycles. The van der Waals surface area contributed by atoms with Crippen LogP contribution >= 0.6 is 11.8 Å². The van der Waals surface area contributed by atoms with Gasteiger partial charge in [-0.2, -0.15) is 11.8 Å². The van der Waals surface area contributed by atoms with Crippen LogP contribution in [0.3, 0.4) is 0 Å². The number of aryl methyl sites for hydroxylation is 1. The van der Waals surface area contributed by atoms with E-state index in [1.54, 1.807) is 7.11 Å². The maximum absolute atomic E-state index is 5.84. The van der Waals surface area contributed by atoms with Crippen LogP contribution in [0.1, 0.15) is 22.7 Å². The van der Waals surface area contributed by atoms with E-state index < -0.39 is 0 Å². The standard InChI is InChI=1S/C14H22N2O2S/c1-9-4-5-11(14(17-3)10(9)2)13(16-15)12-8-19-7-6-18-12/h4-5,12-13,16H,6-8,15H2,1-3H3. The summed E-state index contributed by atoms with van der Waals surface area (Å²) in [6.07, 6.45) is 0.0831. The van der Waals surface area contributed by atoms with E-state index in [0.717, 1.165) is 35.0 Å². The highest BCUT2D eigenvalue weighted by atomic mass is 32.2. The molecule has 106 valence electrons. The Bertz CT molecular complexity index is 434. The van der Waals surface area contributed by atoms with E-state index >= 15 is 0 Å². The molecule has 1 aliphatic heterocycles. The van der Waals surface area contributed by atoms with Gasteiger partial charge in [0.05, 0.1) is 25.9 Å². The van der Waals surface area contributed by atoms with E-state index in [1.165, 1.54) is 5.56 Å². The second-order valence-corrected chi connectivity index (χ2v) is 5.91. The minimum absolute atomic E-state index is 0.0398. The van der Waals surface area contributed by atoms with Crippen molar-refractivity contribution < 1.29 is 9.47 Å². The minimum Gasteiger partial charge on any atom is -0.496 e. The molecule has 0 aromatic heterocycles. The molecular formula is C14H22N2O2S. The van der Waals surface area contributed by atoms with Gasteiger partial charge in [0.1, 0.15) is 5.75 Å². The maximum atomic E-state index is 5.84. The molecule has 0 spiro atoms. The van der Waals surface area contributed by atoms with Crippen molar-refractivity contribution in [1.82, 2.24) is 5.43 Å². The first kappa shape index (κ1) is 14.7. The first-order valence-corrected chi connectivity index (χ1v) is 7.64. The molecule has 0 amide bonds. The molecule has 0 saturated carbocycles. The average molecular weight is 282 g/mol. The number of nitrogens with one attached hydrogen (secondary N) is 1. The van der Waals surface area contributed by atoms with Crippen LogP contribution in [-0.2, 0) is 4.74 Å². The number of nitrogens with two attached hydrogens (primary N) is 1. The summed E-state index contributed by atoms with van der Waals surface area (Å²) in [7, 11) is 1.70. The highest BCUT2D eigenvalue weighted by molar-refractivity contribution is 7.99. The van der Waals surface area contributed by atoms with Gasteiger partial charge in [-0.3, -0.25) is 11.3 Å². The van der Waals surface area contributed by atoms with Crippen LogP contribution in [0.5, 0.6) is 5.75 Å². The number of benzene rings is 1. The molecule has 1 aromatic rings. The van der Waals surface area contributed by atoms with Crippen molar-refractivity contribution >= 4 is 11.8 Å². The van der Waals surface area contributed by atoms with Crippen molar-refractivity contribution in [2.24, 2.45) is 5.84 Å². The number of thioether (sulfide) groups is 1. The third kappa shape index (κ3) is 3.05. The maximum Gasteiger partial charge on any atom is 0.126 e. The monoisotopic (exact) mass is 282 g/mol. The van der Waals surface area contributed by atoms with Gasteiger partial charge in [0.2, 0.25) is 0 Å². The van der Waals surface area contributed by atoms with Crippen molar-refractivity contribution in [3.63, 3.8) is 0 Å². The molecule has 5 heteroatoms. The van der Waals surface area contributed by atoms with Gasteiger partial charge in [-0.15, -0.1) is 0 Å². The van der Waals surface area contributed by atoms with E-state index in [0.29, 0.717) is 0 Å². The molecule has 1 fully saturated rings. The zero-order valence-corrected chi connectivity index (χ0v) is 12.5. The molecule has 1 heterocycles. The third-order valence-electron chi connectivity index (χ3n) is 3.64. The number of ether oxygens (including phenoxy) is 2. The fraction of sp³-hybridized carbons (Fsp3) is 0.571. The molecule has 0 radical (unpaired) electrons. The molecule has 2 unspecified atom stereocenters. The second kappa shape index (κ2) is 6.61. The van der Waals surface area contributed by atoms with Crippen LogP contribution in [0.25, 0.3) is 0 Å². The molecule has 2 atom stereocenters. The highest BCUT2D eigenvalue weighted by Crippen LogP contribution is 2.34. The van der Waals surface area contributed by atoms with Crippen LogP contribution in [-0.4, -0.2) is 31.3 Å². The molecule has 3 N–H and O–H groups in total. The van der Waals surface area contributed by atoms with Crippen LogP contribution in [0, 0.1) is 13.8 Å². The lowest BCUT2D eigenvalue weighted by molar-refractivity contribution is 0.0461. The topological polar surface area (TPSA) is 56.5 Å². The predicted molar refractivity (Wildman–Crippen MR) is 79.6 cm³/mol. The Hall–Kier alpha value is -0.750. The Kier molecular flexibility index (Phi) is 5.10. The Morgan fingerprint density at radius 2 is 2.26 bits per heavy atom. The average Bonchev–Trinajstić information content (AvgIpc) is 2.45. The Morgan fingerprint density at radius 1 is 1.47 bits per heavy atom. The van der Waals surface area contributed by atoms with Gasteiger partial charge in [0.15, 0.2) is 0 Å². The predicted octanol–water partition coefficient (Wildman–Crippen LogP) is 1.95. The minimum atomic E-state index is -0.0398. The highest BCUT2D eigenvalue weighted by Gasteiger charge is 2.28. The lowest BCUT2D eigenvalue weighted by Crippen LogP contribution is -2.41. The van der Waals surface area contributed by atoms with E-state index in [9.17, 15) is 0 Å². The fourth-order valence-corrected chi connectivity index (χ4v) is 3.32. The summed E-state index contributed by atoms with van der Waals surface area (Å²) in [5, 5.41) is 0. The van der Waals surface area contributed by atoms with Gasteiger partial charge in [-0.25, -0.2) is 0 Å². The normalized spacial score (nSPS) is 21.2. The van der Waals surface area contributed by atoms with E-state index in [1.807, 2.05) is 11.8 Å². The number of rotatable bonds is 4. The summed E-state index contributed by atoms with van der Waals surface area (Å²) < 4.78 is 11.4. The van der Waals surface area contributed by atoms with Gasteiger partial charge < -0.3 is 9.47 Å². The van der Waals surface area contributed by atoms with Crippen molar-refractivity contribution in [2.75, 3.05) is 25.2 Å². The second-order valence-electron chi connectivity index (χ2n) is 4.76. The quantitative estimate of drug-likeness (QED) is 0.653. The zero-order chi connectivity index (χ0) is 13.8. The van der Waals surface area contributed by atoms with Gasteiger partial charge in [-0.1, -0.05) is 12.1 Å². The Labute approximate surface area is 119 Å². The molecule has 1 aromatic carbocycles. The van der Waals surface area contributed by atoms with Crippen LogP contribution in [0.15, 0.2) is 12.1 Å². The van der Waals surface area contributed by atoms with Crippen molar-refractivity contribution in [2.45, 2.75) is 26.0 Å². The van der Waals surface area contributed by atoms with Gasteiger partial charge in [0.25, 0.3) is 0 Å². The SMILES string of the molecule is COc1c(C(NN)C2CSCCO2)ccc(C)c1C. The largest absolute Gasteiger partial charge is 0.496 e. The first-order valence-electron chi connectivity index (χ1n) is 6.48. The summed E-state index contributed by atoms with van der Waals surface area (Å²) >= 11 is 1.90. The van der Waals surface area contributed by atoms with Gasteiger partial charge >= 0.3 is 0 Å². The van der Waals surface area contributed by atoms with Crippen molar-refractivity contribution in [3.8, 4) is 5.75 Å². The summed E-state index contributed by atoms with van der Waals surface area (Å²) in [5.74, 6) is 8.66. The Balaban J connectivity index is 2.34. The first-order chi connectivity index (χ1) is 9.19. The van der Waals surface area contributed by atoms with Gasteiger partial charge in [-0.05, 0) is 25.0 Å². The number of hydrazine groups is 1. The van der Waals surface area contributed by atoms with Crippen molar-refractivity contribution in [3.05, 3.63) is 28.8 Å². The summed E-state index contributed by atoms with van der Waals surface area (Å²) in [4.78, 5) is 0. The van der Waals surface area contributed by atoms with E-state index in [-0.39, 0.29) is 12.1 Å². The van der Waals surface area contributed by atoms with Crippen LogP contribution < -0.4 is 16.0 Å². The van der Waals surface area contributed by atoms with Crippen LogP contribution in [0.4, 0.5) is 0 Å².